The van der Waals surface area contributed by atoms with Crippen LogP contribution in [0.5, 0.6) is 11.5 Å². The van der Waals surface area contributed by atoms with Crippen LogP contribution in [-0.4, -0.2) is 76.3 Å². The van der Waals surface area contributed by atoms with Gasteiger partial charge in [-0.15, -0.1) is 0 Å². The van der Waals surface area contributed by atoms with Gasteiger partial charge in [0.2, 0.25) is 0 Å². The van der Waals surface area contributed by atoms with Crippen molar-refractivity contribution in [2.24, 2.45) is 0 Å². The van der Waals surface area contributed by atoms with Crippen LogP contribution in [0.2, 0.25) is 0 Å². The Labute approximate surface area is 235 Å². The molecular weight excluding hydrogens is 512 g/mol. The van der Waals surface area contributed by atoms with Crippen LogP contribution < -0.4 is 9.47 Å². The molecule has 0 spiro atoms. The van der Waals surface area contributed by atoms with Crippen LogP contribution in [0.1, 0.15) is 11.1 Å². The maximum atomic E-state index is 8.72. The van der Waals surface area contributed by atoms with Crippen LogP contribution in [0.15, 0.2) is 72.8 Å². The molecule has 0 radical (unpaired) electrons. The van der Waals surface area contributed by atoms with Gasteiger partial charge in [-0.05, 0) is 69.1 Å². The molecule has 0 aliphatic carbocycles. The Kier molecular flexibility index (Phi) is 12.5. The molecule has 0 bridgehead atoms. The lowest BCUT2D eigenvalue weighted by Crippen LogP contribution is -2.09. The lowest BCUT2D eigenvalue weighted by molar-refractivity contribution is 0.0274. The first-order chi connectivity index (χ1) is 19.7. The molecule has 0 heterocycles. The smallest absolute Gasteiger partial charge is 0.122 e. The monoisotopic (exact) mass is 550 g/mol. The minimum absolute atomic E-state index is 0.0258. The van der Waals surface area contributed by atoms with E-state index in [-0.39, 0.29) is 13.2 Å². The maximum absolute atomic E-state index is 8.72. The van der Waals surface area contributed by atoms with Crippen molar-refractivity contribution in [3.8, 4) is 11.5 Å². The van der Waals surface area contributed by atoms with Crippen LogP contribution in [0.25, 0.3) is 21.5 Å². The van der Waals surface area contributed by atoms with E-state index < -0.39 is 0 Å². The second kappa shape index (κ2) is 16.8. The first-order valence-electron chi connectivity index (χ1n) is 13.6. The minimum atomic E-state index is 0.0258. The molecule has 0 aliphatic heterocycles. The highest BCUT2D eigenvalue weighted by molar-refractivity contribution is 5.85. The normalized spacial score (nSPS) is 11.3. The van der Waals surface area contributed by atoms with Gasteiger partial charge in [0, 0.05) is 0 Å². The van der Waals surface area contributed by atoms with Crippen LogP contribution in [0, 0.1) is 0 Å². The van der Waals surface area contributed by atoms with Crippen molar-refractivity contribution in [3.63, 3.8) is 0 Å². The Bertz CT molecular complexity index is 1210. The number of hydrogen-bond donors (Lipinski definition) is 2. The molecule has 2 N–H and O–H groups in total. The average Bonchev–Trinajstić information content (AvgIpc) is 2.98. The summed E-state index contributed by atoms with van der Waals surface area (Å²) in [4.78, 5) is 0. The molecule has 0 atom stereocenters. The summed E-state index contributed by atoms with van der Waals surface area (Å²) >= 11 is 0. The van der Waals surface area contributed by atoms with Gasteiger partial charge >= 0.3 is 0 Å². The molecule has 4 rings (SSSR count). The van der Waals surface area contributed by atoms with E-state index >= 15 is 0 Å². The lowest BCUT2D eigenvalue weighted by atomic mass is 10.1. The number of rotatable bonds is 19. The summed E-state index contributed by atoms with van der Waals surface area (Å²) in [6.07, 6.45) is 0. The molecular formula is C32H38O8. The molecule has 8 nitrogen and oxygen atoms in total. The Morgan fingerprint density at radius 2 is 0.800 bits per heavy atom. The molecule has 0 fully saturated rings. The van der Waals surface area contributed by atoms with Crippen molar-refractivity contribution in [1.82, 2.24) is 0 Å². The van der Waals surface area contributed by atoms with Crippen LogP contribution in [0.4, 0.5) is 0 Å². The van der Waals surface area contributed by atoms with Gasteiger partial charge in [0.15, 0.2) is 0 Å². The fourth-order valence-corrected chi connectivity index (χ4v) is 4.17. The van der Waals surface area contributed by atoms with Gasteiger partial charge in [-0.3, -0.25) is 0 Å². The topological polar surface area (TPSA) is 95.8 Å². The molecule has 0 unspecified atom stereocenters. The predicted molar refractivity (Wildman–Crippen MR) is 154 cm³/mol. The summed E-state index contributed by atoms with van der Waals surface area (Å²) in [5, 5.41) is 21.9. The highest BCUT2D eigenvalue weighted by atomic mass is 16.5. The summed E-state index contributed by atoms with van der Waals surface area (Å²) in [5.74, 6) is 1.60. The van der Waals surface area contributed by atoms with E-state index in [0.29, 0.717) is 66.1 Å². The van der Waals surface area contributed by atoms with E-state index in [9.17, 15) is 0 Å². The molecule has 4 aromatic carbocycles. The maximum Gasteiger partial charge on any atom is 0.122 e. The van der Waals surface area contributed by atoms with E-state index in [1.54, 1.807) is 0 Å². The number of aliphatic hydroxyl groups excluding tert-OH is 2. The van der Waals surface area contributed by atoms with Gasteiger partial charge in [-0.2, -0.15) is 0 Å². The molecule has 0 aromatic heterocycles. The molecule has 40 heavy (non-hydrogen) atoms. The summed E-state index contributed by atoms with van der Waals surface area (Å²) in [6, 6.07) is 24.6. The standard InChI is InChI=1S/C32H38O8/c33-9-11-35-13-15-37-23-25-1-3-29-21-31(7-5-27(29)19-25)39-17-18-40-32-8-6-28-20-26(2-4-30(28)22-32)24-38-16-14-36-12-10-34/h1-8,19-22,33-34H,9-18,23-24H2. The highest BCUT2D eigenvalue weighted by Crippen LogP contribution is 2.24. The second-order valence-corrected chi connectivity index (χ2v) is 9.16. The fraction of sp³-hybridized carbons (Fsp3) is 0.375. The summed E-state index contributed by atoms with van der Waals surface area (Å²) < 4.78 is 33.5. The van der Waals surface area contributed by atoms with Crippen molar-refractivity contribution in [2.75, 3.05) is 66.1 Å². The van der Waals surface area contributed by atoms with Gasteiger partial charge in [0.25, 0.3) is 0 Å². The van der Waals surface area contributed by atoms with Crippen molar-refractivity contribution >= 4 is 21.5 Å². The largest absolute Gasteiger partial charge is 0.490 e. The third-order valence-corrected chi connectivity index (χ3v) is 6.13. The molecule has 214 valence electrons. The zero-order valence-corrected chi connectivity index (χ0v) is 22.8. The Morgan fingerprint density at radius 1 is 0.400 bits per heavy atom. The Hall–Kier alpha value is -3.24. The van der Waals surface area contributed by atoms with Crippen LogP contribution >= 0.6 is 0 Å². The van der Waals surface area contributed by atoms with E-state index in [1.807, 2.05) is 36.4 Å². The number of benzene rings is 4. The molecule has 0 amide bonds. The zero-order chi connectivity index (χ0) is 27.8. The number of ether oxygens (including phenoxy) is 6. The molecule has 8 heteroatoms. The Morgan fingerprint density at radius 3 is 1.25 bits per heavy atom. The number of aliphatic hydroxyl groups is 2. The minimum Gasteiger partial charge on any atom is -0.490 e. The van der Waals surface area contributed by atoms with E-state index in [4.69, 9.17) is 38.6 Å². The average molecular weight is 551 g/mol. The number of fused-ring (bicyclic) bond motifs is 2. The highest BCUT2D eigenvalue weighted by Gasteiger charge is 2.03. The van der Waals surface area contributed by atoms with Crippen LogP contribution in [0.3, 0.4) is 0 Å². The van der Waals surface area contributed by atoms with Crippen LogP contribution in [-0.2, 0) is 32.2 Å². The molecule has 0 saturated heterocycles. The lowest BCUT2D eigenvalue weighted by Gasteiger charge is -2.11. The third-order valence-electron chi connectivity index (χ3n) is 6.13. The van der Waals surface area contributed by atoms with Gasteiger partial charge in [-0.25, -0.2) is 0 Å². The van der Waals surface area contributed by atoms with E-state index in [0.717, 1.165) is 44.2 Å². The SMILES string of the molecule is OCCOCCOCc1ccc2cc(OCCOc3ccc4cc(COCCOCCO)ccc4c3)ccc2c1. The predicted octanol–water partition coefficient (Wildman–Crippen LogP) is 4.50. The first-order valence-corrected chi connectivity index (χ1v) is 13.6. The van der Waals surface area contributed by atoms with Crippen molar-refractivity contribution < 1.29 is 38.6 Å². The molecule has 4 aromatic rings. The zero-order valence-electron chi connectivity index (χ0n) is 22.8. The summed E-state index contributed by atoms with van der Waals surface area (Å²) in [6.45, 7) is 4.56. The summed E-state index contributed by atoms with van der Waals surface area (Å²) in [7, 11) is 0. The fourth-order valence-electron chi connectivity index (χ4n) is 4.17. The van der Waals surface area contributed by atoms with E-state index in [1.165, 1.54) is 0 Å². The number of hydrogen-bond acceptors (Lipinski definition) is 8. The third kappa shape index (κ3) is 9.75. The van der Waals surface area contributed by atoms with Crippen molar-refractivity contribution in [2.45, 2.75) is 13.2 Å². The van der Waals surface area contributed by atoms with Crippen molar-refractivity contribution in [3.05, 3.63) is 83.9 Å². The molecule has 0 aliphatic rings. The summed E-state index contributed by atoms with van der Waals surface area (Å²) in [5.41, 5.74) is 2.19. The van der Waals surface area contributed by atoms with Crippen molar-refractivity contribution in [1.29, 1.82) is 0 Å². The second-order valence-electron chi connectivity index (χ2n) is 9.16. The Balaban J connectivity index is 1.19. The van der Waals surface area contributed by atoms with Gasteiger partial charge in [0.1, 0.15) is 24.7 Å². The first kappa shape index (κ1) is 29.7. The van der Waals surface area contributed by atoms with Gasteiger partial charge in [0.05, 0.1) is 66.1 Å². The molecule has 0 saturated carbocycles. The van der Waals surface area contributed by atoms with E-state index in [2.05, 4.69) is 36.4 Å². The quantitative estimate of drug-likeness (QED) is 0.165. The van der Waals surface area contributed by atoms with Gasteiger partial charge in [-0.1, -0.05) is 36.4 Å². The van der Waals surface area contributed by atoms with Gasteiger partial charge < -0.3 is 38.6 Å².